The van der Waals surface area contributed by atoms with Gasteiger partial charge in [-0.25, -0.2) is 4.98 Å². The van der Waals surface area contributed by atoms with E-state index in [0.29, 0.717) is 5.15 Å². The largest absolute Gasteiger partial charge is 0.222 e. The third-order valence-electron chi connectivity index (χ3n) is 0.424. The number of hydrogen-bond donors (Lipinski definition) is 0. The van der Waals surface area contributed by atoms with Crippen LogP contribution in [0.2, 0.25) is 5.15 Å². The molecule has 1 aromatic heterocycles. The first-order valence-electron chi connectivity index (χ1n) is 1.61. The molecule has 4 heteroatoms. The Morgan fingerprint density at radius 2 is 2.57 bits per heavy atom. The normalized spacial score (nSPS) is 8.71. The molecule has 1 rings (SSSR count). The molecule has 35 valence electrons. The van der Waals surface area contributed by atoms with Gasteiger partial charge in [0.15, 0.2) is 5.15 Å². The highest BCUT2D eigenvalue weighted by molar-refractivity contribution is 6.29. The van der Waals surface area contributed by atoms with Crippen molar-refractivity contribution in [2.75, 3.05) is 0 Å². The number of rotatable bonds is 0. The first kappa shape index (κ1) is 4.46. The summed E-state index contributed by atoms with van der Waals surface area (Å²) in [5, 5.41) is 6.97. The number of aromatic nitrogens is 3. The Labute approximate surface area is 45.4 Å². The molecule has 0 saturated heterocycles. The average molecular weight is 115 g/mol. The molecule has 0 unspecified atom stereocenters. The van der Waals surface area contributed by atoms with Gasteiger partial charge in [0.25, 0.3) is 0 Å². The van der Waals surface area contributed by atoms with Gasteiger partial charge < -0.3 is 0 Å². The van der Waals surface area contributed by atoms with E-state index in [1.54, 1.807) is 0 Å². The summed E-state index contributed by atoms with van der Waals surface area (Å²) in [6, 6.07) is 0. The third-order valence-corrected chi connectivity index (χ3v) is 0.606. The molecule has 0 spiro atoms. The highest BCUT2D eigenvalue weighted by atomic mass is 35.5. The number of halogens is 1. The van der Waals surface area contributed by atoms with E-state index in [1.807, 2.05) is 0 Å². The molecule has 0 aliphatic carbocycles. The third kappa shape index (κ3) is 1.08. The lowest BCUT2D eigenvalue weighted by Crippen LogP contribution is -1.80. The van der Waals surface area contributed by atoms with Crippen LogP contribution < -0.4 is 0 Å². The van der Waals surface area contributed by atoms with Crippen molar-refractivity contribution in [3.05, 3.63) is 17.7 Å². The van der Waals surface area contributed by atoms with Crippen LogP contribution in [-0.4, -0.2) is 15.2 Å². The number of nitrogens with zero attached hydrogens (tertiary/aromatic N) is 3. The Balaban J connectivity index is 3.02. The first-order valence-corrected chi connectivity index (χ1v) is 1.98. The van der Waals surface area contributed by atoms with E-state index in [1.165, 1.54) is 6.20 Å². The molecule has 0 N–H and O–H groups in total. The molecule has 0 aliphatic heterocycles. The van der Waals surface area contributed by atoms with Crippen molar-refractivity contribution in [1.82, 2.24) is 15.2 Å². The second-order valence-electron chi connectivity index (χ2n) is 0.879. The maximum atomic E-state index is 5.29. The molecule has 0 amide bonds. The van der Waals surface area contributed by atoms with E-state index in [9.17, 15) is 0 Å². The van der Waals surface area contributed by atoms with E-state index in [-0.39, 0.29) is 0 Å². The zero-order chi connectivity index (χ0) is 5.11. The van der Waals surface area contributed by atoms with Crippen molar-refractivity contribution in [1.29, 1.82) is 0 Å². The fourth-order valence-electron chi connectivity index (χ4n) is 0.201. The van der Waals surface area contributed by atoms with E-state index >= 15 is 0 Å². The number of hydrogen-bond acceptors (Lipinski definition) is 3. The summed E-state index contributed by atoms with van der Waals surface area (Å²) in [6.45, 7) is 0. The molecule has 0 fully saturated rings. The zero-order valence-corrected chi connectivity index (χ0v) is 4.05. The van der Waals surface area contributed by atoms with Crippen molar-refractivity contribution in [3.8, 4) is 0 Å². The molecular formula is C3HClN3. The molecule has 0 aliphatic rings. The Bertz CT molecular complexity index is 140. The molecular weight excluding hydrogens is 114 g/mol. The van der Waals surface area contributed by atoms with Gasteiger partial charge in [-0.2, -0.15) is 5.10 Å². The second-order valence-corrected chi connectivity index (χ2v) is 1.27. The Morgan fingerprint density at radius 1 is 1.71 bits per heavy atom. The van der Waals surface area contributed by atoms with E-state index < -0.39 is 0 Å². The minimum atomic E-state index is 0.315. The van der Waals surface area contributed by atoms with Crippen LogP contribution >= 0.6 is 11.6 Å². The van der Waals surface area contributed by atoms with Crippen LogP contribution in [0.4, 0.5) is 0 Å². The fraction of sp³-hybridized carbons (Fsp3) is 0. The zero-order valence-electron chi connectivity index (χ0n) is 3.30. The minimum Gasteiger partial charge on any atom is -0.210 e. The second kappa shape index (κ2) is 1.84. The van der Waals surface area contributed by atoms with Crippen molar-refractivity contribution >= 4 is 11.6 Å². The topological polar surface area (TPSA) is 38.7 Å². The summed E-state index contributed by atoms with van der Waals surface area (Å²) in [5.41, 5.74) is 0. The highest BCUT2D eigenvalue weighted by Gasteiger charge is 1.80. The SMILES string of the molecule is Clc1cnn[c]n1. The van der Waals surface area contributed by atoms with Crippen molar-refractivity contribution in [2.45, 2.75) is 0 Å². The molecule has 0 bridgehead atoms. The Morgan fingerprint density at radius 3 is 2.86 bits per heavy atom. The van der Waals surface area contributed by atoms with Crippen LogP contribution in [0.15, 0.2) is 6.20 Å². The lowest BCUT2D eigenvalue weighted by atomic mass is 10.9. The lowest BCUT2D eigenvalue weighted by molar-refractivity contribution is 0.958. The summed E-state index contributed by atoms with van der Waals surface area (Å²) in [6.07, 6.45) is 3.56. The minimum absolute atomic E-state index is 0.315. The molecule has 0 saturated carbocycles. The molecule has 0 aromatic carbocycles. The Hall–Kier alpha value is -0.700. The summed E-state index contributed by atoms with van der Waals surface area (Å²) < 4.78 is 0. The van der Waals surface area contributed by atoms with Gasteiger partial charge in [-0.15, -0.1) is 5.10 Å². The van der Waals surface area contributed by atoms with Gasteiger partial charge in [0.1, 0.15) is 0 Å². The van der Waals surface area contributed by atoms with Gasteiger partial charge in [-0.3, -0.25) is 0 Å². The van der Waals surface area contributed by atoms with Crippen LogP contribution in [0.1, 0.15) is 0 Å². The summed E-state index contributed by atoms with van der Waals surface area (Å²) >= 11 is 5.29. The molecule has 1 heterocycles. The Kier molecular flexibility index (Phi) is 1.17. The highest BCUT2D eigenvalue weighted by Crippen LogP contribution is 1.93. The molecule has 7 heavy (non-hydrogen) atoms. The van der Waals surface area contributed by atoms with E-state index in [4.69, 9.17) is 11.6 Å². The van der Waals surface area contributed by atoms with Crippen LogP contribution in [-0.2, 0) is 0 Å². The summed E-state index contributed by atoms with van der Waals surface area (Å²) in [4.78, 5) is 3.45. The van der Waals surface area contributed by atoms with Crippen LogP contribution in [0.3, 0.4) is 0 Å². The van der Waals surface area contributed by atoms with E-state index in [2.05, 4.69) is 21.5 Å². The van der Waals surface area contributed by atoms with Crippen molar-refractivity contribution < 1.29 is 0 Å². The predicted molar refractivity (Wildman–Crippen MR) is 23.7 cm³/mol. The van der Waals surface area contributed by atoms with Crippen molar-refractivity contribution in [2.24, 2.45) is 0 Å². The summed E-state index contributed by atoms with van der Waals surface area (Å²) in [5.74, 6) is 0. The quantitative estimate of drug-likeness (QED) is 0.488. The van der Waals surface area contributed by atoms with Gasteiger partial charge >= 0.3 is 0 Å². The van der Waals surface area contributed by atoms with Crippen LogP contribution in [0.5, 0.6) is 0 Å². The van der Waals surface area contributed by atoms with Crippen LogP contribution in [0.25, 0.3) is 0 Å². The molecule has 1 radical (unpaired) electrons. The van der Waals surface area contributed by atoms with Gasteiger partial charge in [0, 0.05) is 0 Å². The van der Waals surface area contributed by atoms with Crippen molar-refractivity contribution in [3.63, 3.8) is 0 Å². The lowest BCUT2D eigenvalue weighted by Gasteiger charge is -1.76. The van der Waals surface area contributed by atoms with Gasteiger partial charge in [0.05, 0.1) is 6.20 Å². The smallest absolute Gasteiger partial charge is 0.210 e. The van der Waals surface area contributed by atoms with Crippen LogP contribution in [0, 0.1) is 6.33 Å². The molecule has 3 nitrogen and oxygen atoms in total. The summed E-state index contributed by atoms with van der Waals surface area (Å²) in [7, 11) is 0. The standard InChI is InChI=1S/C3HClN3/c4-3-1-6-7-2-5-3/h1H. The van der Waals surface area contributed by atoms with Gasteiger partial charge in [-0.05, 0) is 0 Å². The average Bonchev–Trinajstić information content (AvgIpc) is 1.69. The fourth-order valence-corrected chi connectivity index (χ4v) is 0.283. The predicted octanol–water partition coefficient (Wildman–Crippen LogP) is 0.325. The van der Waals surface area contributed by atoms with Gasteiger partial charge in [-0.1, -0.05) is 11.6 Å². The monoisotopic (exact) mass is 114 g/mol. The first-order chi connectivity index (χ1) is 3.39. The maximum Gasteiger partial charge on any atom is 0.222 e. The molecule has 1 aromatic rings. The maximum absolute atomic E-state index is 5.29. The van der Waals surface area contributed by atoms with Gasteiger partial charge in [0.2, 0.25) is 6.33 Å². The molecule has 0 atom stereocenters. The van der Waals surface area contributed by atoms with E-state index in [0.717, 1.165) is 0 Å².